The molecule has 0 aliphatic carbocycles. The maximum atomic E-state index is 12.6. The van der Waals surface area contributed by atoms with E-state index in [1.165, 1.54) is 28.3 Å². The average molecular weight is 429 g/mol. The molecule has 152 valence electrons. The van der Waals surface area contributed by atoms with Crippen LogP contribution in [0.25, 0.3) is 0 Å². The summed E-state index contributed by atoms with van der Waals surface area (Å²) in [7, 11) is -2.09. The largest absolute Gasteiger partial charge is 0.346 e. The van der Waals surface area contributed by atoms with Crippen molar-refractivity contribution in [1.82, 2.24) is 5.32 Å². The number of carbonyl (C=O) groups excluding carboxylic acids is 1. The Morgan fingerprint density at radius 1 is 1.07 bits per heavy atom. The van der Waals surface area contributed by atoms with Crippen molar-refractivity contribution in [3.8, 4) is 0 Å². The highest BCUT2D eigenvalue weighted by Crippen LogP contribution is 2.25. The van der Waals surface area contributed by atoms with Gasteiger partial charge in [-0.1, -0.05) is 37.3 Å². The van der Waals surface area contributed by atoms with Crippen molar-refractivity contribution in [3.63, 3.8) is 0 Å². The molecule has 1 N–H and O–H groups in total. The van der Waals surface area contributed by atoms with E-state index >= 15 is 0 Å². The zero-order valence-electron chi connectivity index (χ0n) is 16.6. The maximum absolute atomic E-state index is 12.6. The third-order valence-electron chi connectivity index (χ3n) is 4.84. The first kappa shape index (κ1) is 21.1. The van der Waals surface area contributed by atoms with Gasteiger partial charge in [0.15, 0.2) is 0 Å². The first-order chi connectivity index (χ1) is 13.8. The third-order valence-corrected chi connectivity index (χ3v) is 8.00. The molecule has 5 nitrogen and oxygen atoms in total. The van der Waals surface area contributed by atoms with Crippen molar-refractivity contribution in [3.05, 3.63) is 82.7 Å². The fraction of sp³-hybridized carbons (Fsp3) is 0.227. The van der Waals surface area contributed by atoms with Crippen LogP contribution in [-0.4, -0.2) is 21.4 Å². The molecule has 2 aromatic carbocycles. The van der Waals surface area contributed by atoms with E-state index in [1.807, 2.05) is 19.1 Å². The minimum Gasteiger partial charge on any atom is -0.346 e. The van der Waals surface area contributed by atoms with E-state index in [0.717, 1.165) is 12.0 Å². The number of aryl methyl sites for hydroxylation is 1. The summed E-state index contributed by atoms with van der Waals surface area (Å²) in [5, 5.41) is 4.71. The molecule has 3 aromatic rings. The number of hydrogen-bond acceptors (Lipinski definition) is 4. The quantitative estimate of drug-likeness (QED) is 0.597. The summed E-state index contributed by atoms with van der Waals surface area (Å²) < 4.78 is 26.7. The van der Waals surface area contributed by atoms with Gasteiger partial charge in [-0.3, -0.25) is 9.10 Å². The molecule has 1 amide bonds. The predicted molar refractivity (Wildman–Crippen MR) is 118 cm³/mol. The molecule has 0 fully saturated rings. The topological polar surface area (TPSA) is 66.5 Å². The summed E-state index contributed by atoms with van der Waals surface area (Å²) in [5.74, 6) is -0.201. The number of rotatable bonds is 7. The predicted octanol–water partition coefficient (Wildman–Crippen LogP) is 4.63. The van der Waals surface area contributed by atoms with Crippen molar-refractivity contribution in [2.45, 2.75) is 30.5 Å². The minimum absolute atomic E-state index is 0.130. The van der Waals surface area contributed by atoms with E-state index < -0.39 is 10.0 Å². The van der Waals surface area contributed by atoms with Gasteiger partial charge < -0.3 is 5.32 Å². The van der Waals surface area contributed by atoms with Gasteiger partial charge in [0.2, 0.25) is 0 Å². The van der Waals surface area contributed by atoms with Crippen LogP contribution in [-0.2, 0) is 16.4 Å². The number of thiophene rings is 1. The molecule has 3 rings (SSSR count). The van der Waals surface area contributed by atoms with Gasteiger partial charge >= 0.3 is 0 Å². The van der Waals surface area contributed by atoms with Gasteiger partial charge in [0, 0.05) is 12.6 Å². The molecular weight excluding hydrogens is 404 g/mol. The second kappa shape index (κ2) is 8.80. The van der Waals surface area contributed by atoms with Gasteiger partial charge in [-0.15, -0.1) is 11.3 Å². The van der Waals surface area contributed by atoms with E-state index in [2.05, 4.69) is 24.4 Å². The van der Waals surface area contributed by atoms with Crippen LogP contribution in [0, 0.1) is 0 Å². The standard InChI is InChI=1S/C22H24N2O3S2/c1-4-17-7-9-18(10-8-17)16(2)23-22(25)19-11-13-20(14-12-19)24(3)29(26,27)21-6-5-15-28-21/h5-16H,4H2,1-3H3,(H,23,25)/t16-/m0/s1. The zero-order chi connectivity index (χ0) is 21.0. The Kier molecular flexibility index (Phi) is 6.39. The summed E-state index contributed by atoms with van der Waals surface area (Å²) in [6.07, 6.45) is 0.976. The Balaban J connectivity index is 1.69. The van der Waals surface area contributed by atoms with Crippen LogP contribution < -0.4 is 9.62 Å². The minimum atomic E-state index is -3.59. The first-order valence-electron chi connectivity index (χ1n) is 9.35. The lowest BCUT2D eigenvalue weighted by Crippen LogP contribution is -2.27. The van der Waals surface area contributed by atoms with Crippen molar-refractivity contribution in [2.75, 3.05) is 11.4 Å². The highest BCUT2D eigenvalue weighted by molar-refractivity contribution is 7.94. The number of benzene rings is 2. The van der Waals surface area contributed by atoms with E-state index in [4.69, 9.17) is 0 Å². The molecule has 0 bridgehead atoms. The summed E-state index contributed by atoms with van der Waals surface area (Å²) >= 11 is 1.17. The highest BCUT2D eigenvalue weighted by atomic mass is 32.2. The molecule has 0 aliphatic heterocycles. The number of sulfonamides is 1. The van der Waals surface area contributed by atoms with E-state index in [1.54, 1.807) is 41.8 Å². The van der Waals surface area contributed by atoms with Crippen LogP contribution >= 0.6 is 11.3 Å². The van der Waals surface area contributed by atoms with Crippen LogP contribution in [0.2, 0.25) is 0 Å². The maximum Gasteiger partial charge on any atom is 0.273 e. The van der Waals surface area contributed by atoms with Crippen molar-refractivity contribution in [1.29, 1.82) is 0 Å². The SMILES string of the molecule is CCc1ccc([C@H](C)NC(=O)c2ccc(N(C)S(=O)(=O)c3cccs3)cc2)cc1. The fourth-order valence-corrected chi connectivity index (χ4v) is 5.27. The van der Waals surface area contributed by atoms with Gasteiger partial charge in [0.25, 0.3) is 15.9 Å². The number of carbonyl (C=O) groups is 1. The van der Waals surface area contributed by atoms with Gasteiger partial charge in [-0.25, -0.2) is 8.42 Å². The van der Waals surface area contributed by atoms with Crippen LogP contribution in [0.15, 0.2) is 70.3 Å². The molecule has 1 atom stereocenters. The lowest BCUT2D eigenvalue weighted by atomic mass is 10.0. The zero-order valence-corrected chi connectivity index (χ0v) is 18.3. The van der Waals surface area contributed by atoms with Crippen LogP contribution in [0.3, 0.4) is 0 Å². The van der Waals surface area contributed by atoms with Gasteiger partial charge in [0.1, 0.15) is 4.21 Å². The number of amides is 1. The van der Waals surface area contributed by atoms with Crippen molar-refractivity contribution >= 4 is 33.0 Å². The lowest BCUT2D eigenvalue weighted by Gasteiger charge is -2.19. The number of nitrogens with zero attached hydrogens (tertiary/aromatic N) is 1. The molecule has 0 spiro atoms. The number of nitrogens with one attached hydrogen (secondary N) is 1. The van der Waals surface area contributed by atoms with Gasteiger partial charge in [-0.2, -0.15) is 0 Å². The second-order valence-electron chi connectivity index (χ2n) is 6.74. The molecule has 0 unspecified atom stereocenters. The Morgan fingerprint density at radius 2 is 1.72 bits per heavy atom. The number of anilines is 1. The molecule has 1 aromatic heterocycles. The first-order valence-corrected chi connectivity index (χ1v) is 11.7. The summed E-state index contributed by atoms with van der Waals surface area (Å²) in [5.41, 5.74) is 3.27. The van der Waals surface area contributed by atoms with E-state index in [-0.39, 0.29) is 16.2 Å². The average Bonchev–Trinajstić information content (AvgIpc) is 3.29. The second-order valence-corrected chi connectivity index (χ2v) is 9.89. The molecule has 7 heteroatoms. The molecular formula is C22H24N2O3S2. The van der Waals surface area contributed by atoms with Crippen LogP contribution in [0.5, 0.6) is 0 Å². The number of hydrogen-bond donors (Lipinski definition) is 1. The molecule has 0 saturated heterocycles. The van der Waals surface area contributed by atoms with E-state index in [9.17, 15) is 13.2 Å². The molecule has 29 heavy (non-hydrogen) atoms. The van der Waals surface area contributed by atoms with Gasteiger partial charge in [-0.05, 0) is 60.2 Å². The smallest absolute Gasteiger partial charge is 0.273 e. The van der Waals surface area contributed by atoms with Crippen molar-refractivity contribution < 1.29 is 13.2 Å². The Bertz CT molecular complexity index is 1060. The Morgan fingerprint density at radius 3 is 2.28 bits per heavy atom. The van der Waals surface area contributed by atoms with Crippen LogP contribution in [0.4, 0.5) is 5.69 Å². The third kappa shape index (κ3) is 4.68. The summed E-state index contributed by atoms with van der Waals surface area (Å²) in [6, 6.07) is 17.9. The summed E-state index contributed by atoms with van der Waals surface area (Å²) in [6.45, 7) is 4.04. The van der Waals surface area contributed by atoms with Crippen LogP contribution in [0.1, 0.15) is 41.4 Å². The molecule has 1 heterocycles. The lowest BCUT2D eigenvalue weighted by molar-refractivity contribution is 0.0940. The highest BCUT2D eigenvalue weighted by Gasteiger charge is 2.22. The molecule has 0 saturated carbocycles. The fourth-order valence-electron chi connectivity index (χ4n) is 2.91. The Hall–Kier alpha value is -2.64. The normalized spacial score (nSPS) is 12.4. The van der Waals surface area contributed by atoms with Crippen molar-refractivity contribution in [2.24, 2.45) is 0 Å². The van der Waals surface area contributed by atoms with E-state index in [0.29, 0.717) is 11.3 Å². The molecule has 0 radical (unpaired) electrons. The molecule has 0 aliphatic rings. The monoisotopic (exact) mass is 428 g/mol. The summed E-state index contributed by atoms with van der Waals surface area (Å²) in [4.78, 5) is 12.6. The van der Waals surface area contributed by atoms with Gasteiger partial charge in [0.05, 0.1) is 11.7 Å². The Labute approximate surface area is 176 Å².